The number of nitrogens with zero attached hydrogens (tertiary/aromatic N) is 1. The molecule has 2 N–H and O–H groups in total. The van der Waals surface area contributed by atoms with Gasteiger partial charge in [0.25, 0.3) is 5.91 Å². The van der Waals surface area contributed by atoms with Gasteiger partial charge in [0.15, 0.2) is 0 Å². The van der Waals surface area contributed by atoms with E-state index in [4.69, 9.17) is 4.74 Å². The Balaban J connectivity index is 1.67. The van der Waals surface area contributed by atoms with Gasteiger partial charge in [-0.2, -0.15) is 0 Å². The van der Waals surface area contributed by atoms with E-state index in [2.05, 4.69) is 32.9 Å². The van der Waals surface area contributed by atoms with Crippen molar-refractivity contribution >= 4 is 34.5 Å². The molecule has 6 nitrogen and oxygen atoms in total. The number of aromatic nitrogens is 1. The number of nitrogens with one attached hydrogen (secondary N) is 1. The highest BCUT2D eigenvalue weighted by atomic mass is 127. The molecule has 1 aromatic heterocycles. The van der Waals surface area contributed by atoms with Gasteiger partial charge in [0.05, 0.1) is 13.0 Å². The fourth-order valence-electron chi connectivity index (χ4n) is 3.05. The summed E-state index contributed by atoms with van der Waals surface area (Å²) in [4.78, 5) is 28.9. The van der Waals surface area contributed by atoms with Crippen LogP contribution >= 0.6 is 22.6 Å². The SMILES string of the molecule is COC(=O)C(CNC(=O)c1ccc(-c2cccnc2)cc1)Cc1cc(I)ccc1O. The van der Waals surface area contributed by atoms with Crippen LogP contribution in [-0.4, -0.2) is 35.6 Å². The Bertz CT molecular complexity index is 1020. The van der Waals surface area contributed by atoms with Crippen LogP contribution in [0.3, 0.4) is 0 Å². The van der Waals surface area contributed by atoms with Crippen molar-refractivity contribution in [1.29, 1.82) is 0 Å². The van der Waals surface area contributed by atoms with Crippen LogP contribution in [-0.2, 0) is 16.0 Å². The van der Waals surface area contributed by atoms with Crippen molar-refractivity contribution in [3.63, 3.8) is 0 Å². The van der Waals surface area contributed by atoms with Gasteiger partial charge in [0.1, 0.15) is 5.75 Å². The van der Waals surface area contributed by atoms with Gasteiger partial charge >= 0.3 is 5.97 Å². The van der Waals surface area contributed by atoms with E-state index in [9.17, 15) is 14.7 Å². The molecule has 1 unspecified atom stereocenters. The molecule has 0 saturated carbocycles. The van der Waals surface area contributed by atoms with Gasteiger partial charge in [0, 0.05) is 28.1 Å². The second-order valence-corrected chi connectivity index (χ2v) is 7.97. The minimum Gasteiger partial charge on any atom is -0.508 e. The van der Waals surface area contributed by atoms with E-state index in [1.165, 1.54) is 7.11 Å². The number of carbonyl (C=O) groups is 2. The summed E-state index contributed by atoms with van der Waals surface area (Å²) < 4.78 is 5.82. The highest BCUT2D eigenvalue weighted by Gasteiger charge is 2.22. The van der Waals surface area contributed by atoms with Crippen molar-refractivity contribution < 1.29 is 19.4 Å². The number of rotatable bonds is 7. The van der Waals surface area contributed by atoms with Gasteiger partial charge < -0.3 is 15.2 Å². The van der Waals surface area contributed by atoms with Crippen LogP contribution in [0.15, 0.2) is 67.0 Å². The fourth-order valence-corrected chi connectivity index (χ4v) is 3.61. The molecule has 1 heterocycles. The van der Waals surface area contributed by atoms with E-state index < -0.39 is 11.9 Å². The van der Waals surface area contributed by atoms with E-state index >= 15 is 0 Å². The number of carbonyl (C=O) groups excluding carboxylic acids is 2. The predicted molar refractivity (Wildman–Crippen MR) is 122 cm³/mol. The number of hydrogen-bond acceptors (Lipinski definition) is 5. The van der Waals surface area contributed by atoms with E-state index in [0.29, 0.717) is 11.1 Å². The molecule has 1 atom stereocenters. The van der Waals surface area contributed by atoms with Crippen LogP contribution in [0, 0.1) is 9.49 Å². The first kappa shape index (κ1) is 21.8. The summed E-state index contributed by atoms with van der Waals surface area (Å²) in [7, 11) is 1.31. The summed E-state index contributed by atoms with van der Waals surface area (Å²) in [5, 5.41) is 12.9. The van der Waals surface area contributed by atoms with Gasteiger partial charge in [0.2, 0.25) is 0 Å². The van der Waals surface area contributed by atoms with Crippen molar-refractivity contribution in [1.82, 2.24) is 10.3 Å². The molecule has 0 aliphatic heterocycles. The van der Waals surface area contributed by atoms with Crippen molar-refractivity contribution in [2.45, 2.75) is 6.42 Å². The van der Waals surface area contributed by atoms with Crippen LogP contribution in [0.25, 0.3) is 11.1 Å². The van der Waals surface area contributed by atoms with E-state index in [0.717, 1.165) is 14.7 Å². The van der Waals surface area contributed by atoms with Crippen molar-refractivity contribution in [3.05, 3.63) is 81.7 Å². The summed E-state index contributed by atoms with van der Waals surface area (Å²) in [5.41, 5.74) is 3.05. The second kappa shape index (κ2) is 10.2. The molecule has 7 heteroatoms. The standard InChI is InChI=1S/C23H21IN2O4/c1-30-23(29)19(11-18-12-20(24)8-9-21(18)27)14-26-22(28)16-6-4-15(5-7-16)17-3-2-10-25-13-17/h2-10,12-13,19,27H,11,14H2,1H3,(H,26,28). The first-order valence-electron chi connectivity index (χ1n) is 9.32. The third-order valence-corrected chi connectivity index (χ3v) is 5.36. The van der Waals surface area contributed by atoms with E-state index in [-0.39, 0.29) is 24.6 Å². The number of methoxy groups -OCH3 is 1. The van der Waals surface area contributed by atoms with Crippen LogP contribution in [0.2, 0.25) is 0 Å². The van der Waals surface area contributed by atoms with E-state index in [1.807, 2.05) is 30.3 Å². The second-order valence-electron chi connectivity index (χ2n) is 6.73. The number of aromatic hydroxyl groups is 1. The number of phenols is 1. The predicted octanol–water partition coefficient (Wildman–Crippen LogP) is 3.82. The topological polar surface area (TPSA) is 88.5 Å². The Morgan fingerprint density at radius 2 is 1.90 bits per heavy atom. The summed E-state index contributed by atoms with van der Waals surface area (Å²) >= 11 is 2.14. The zero-order valence-electron chi connectivity index (χ0n) is 16.3. The van der Waals surface area contributed by atoms with Gasteiger partial charge in [-0.25, -0.2) is 0 Å². The van der Waals surface area contributed by atoms with Crippen LogP contribution in [0.4, 0.5) is 0 Å². The number of esters is 1. The molecular weight excluding hydrogens is 495 g/mol. The lowest BCUT2D eigenvalue weighted by Gasteiger charge is -2.16. The average molecular weight is 516 g/mol. The molecule has 154 valence electrons. The Labute approximate surface area is 188 Å². The monoisotopic (exact) mass is 516 g/mol. The number of pyridine rings is 1. The normalized spacial score (nSPS) is 11.5. The van der Waals surface area contributed by atoms with Gasteiger partial charge in [-0.1, -0.05) is 18.2 Å². The highest BCUT2D eigenvalue weighted by molar-refractivity contribution is 14.1. The Morgan fingerprint density at radius 3 is 2.57 bits per heavy atom. The fraction of sp³-hybridized carbons (Fsp3) is 0.174. The molecule has 3 rings (SSSR count). The molecule has 0 saturated heterocycles. The number of halogens is 1. The molecule has 0 bridgehead atoms. The van der Waals surface area contributed by atoms with Crippen LogP contribution in [0.1, 0.15) is 15.9 Å². The number of hydrogen-bond donors (Lipinski definition) is 2. The molecule has 1 amide bonds. The van der Waals surface area contributed by atoms with Gasteiger partial charge in [-0.05, 0) is 82.1 Å². The van der Waals surface area contributed by atoms with Crippen molar-refractivity contribution in [3.8, 4) is 16.9 Å². The van der Waals surface area contributed by atoms with Crippen molar-refractivity contribution in [2.24, 2.45) is 5.92 Å². The quantitative estimate of drug-likeness (QED) is 0.369. The molecule has 0 aliphatic rings. The summed E-state index contributed by atoms with van der Waals surface area (Å²) in [6.45, 7) is 0.0980. The molecule has 2 aromatic carbocycles. The number of phenolic OH excluding ortho intramolecular Hbond substituents is 1. The maximum atomic E-state index is 12.6. The van der Waals surface area contributed by atoms with Crippen LogP contribution in [0.5, 0.6) is 5.75 Å². The van der Waals surface area contributed by atoms with Crippen molar-refractivity contribution in [2.75, 3.05) is 13.7 Å². The number of benzene rings is 2. The lowest BCUT2D eigenvalue weighted by molar-refractivity contribution is -0.145. The molecule has 30 heavy (non-hydrogen) atoms. The van der Waals surface area contributed by atoms with Crippen LogP contribution < -0.4 is 5.32 Å². The first-order chi connectivity index (χ1) is 14.5. The number of amides is 1. The zero-order chi connectivity index (χ0) is 21.5. The summed E-state index contributed by atoms with van der Waals surface area (Å²) in [6.07, 6.45) is 3.73. The average Bonchev–Trinajstić information content (AvgIpc) is 2.78. The van der Waals surface area contributed by atoms with Gasteiger partial charge in [-0.3, -0.25) is 14.6 Å². The largest absolute Gasteiger partial charge is 0.508 e. The molecule has 0 aliphatic carbocycles. The van der Waals surface area contributed by atoms with E-state index in [1.54, 1.807) is 36.7 Å². The first-order valence-corrected chi connectivity index (χ1v) is 10.4. The molecule has 3 aromatic rings. The molecule has 0 fully saturated rings. The zero-order valence-corrected chi connectivity index (χ0v) is 18.5. The lowest BCUT2D eigenvalue weighted by Crippen LogP contribution is -2.34. The highest BCUT2D eigenvalue weighted by Crippen LogP contribution is 2.23. The smallest absolute Gasteiger partial charge is 0.310 e. The maximum Gasteiger partial charge on any atom is 0.310 e. The summed E-state index contributed by atoms with van der Waals surface area (Å²) in [5.74, 6) is -1.23. The molecule has 0 radical (unpaired) electrons. The third kappa shape index (κ3) is 5.56. The van der Waals surface area contributed by atoms with Gasteiger partial charge in [-0.15, -0.1) is 0 Å². The molecule has 0 spiro atoms. The Hall–Kier alpha value is -2.94. The third-order valence-electron chi connectivity index (χ3n) is 4.69. The molecular formula is C23H21IN2O4. The summed E-state index contributed by atoms with van der Waals surface area (Å²) in [6, 6.07) is 16.2. The minimum absolute atomic E-state index is 0.0980. The number of ether oxygens (including phenoxy) is 1. The maximum absolute atomic E-state index is 12.6. The Morgan fingerprint density at radius 1 is 1.13 bits per heavy atom. The lowest BCUT2D eigenvalue weighted by atomic mass is 9.98. The minimum atomic E-state index is -0.613. The Kier molecular flexibility index (Phi) is 7.40.